The molecule has 1 aromatic heterocycles. The summed E-state index contributed by atoms with van der Waals surface area (Å²) in [6.07, 6.45) is 1.23. The smallest absolute Gasteiger partial charge is 0.273 e. The molecular formula is C22H27F4N3OS. The summed E-state index contributed by atoms with van der Waals surface area (Å²) in [6, 6.07) is 3.07. The zero-order valence-electron chi connectivity index (χ0n) is 17.6. The number of carbonyl (C=O) groups excluding carboxylic acids is 1. The molecule has 1 aliphatic rings. The van der Waals surface area contributed by atoms with E-state index in [0.29, 0.717) is 5.13 Å². The monoisotopic (exact) mass is 457 g/mol. The highest BCUT2D eigenvalue weighted by atomic mass is 32.1. The molecule has 31 heavy (non-hydrogen) atoms. The molecule has 1 fully saturated rings. The molecule has 1 amide bonds. The summed E-state index contributed by atoms with van der Waals surface area (Å²) in [4.78, 5) is 16.6. The van der Waals surface area contributed by atoms with E-state index < -0.39 is 35.8 Å². The van der Waals surface area contributed by atoms with E-state index in [-0.39, 0.29) is 36.0 Å². The van der Waals surface area contributed by atoms with Crippen molar-refractivity contribution in [2.45, 2.75) is 70.3 Å². The van der Waals surface area contributed by atoms with Crippen LogP contribution in [-0.2, 0) is 16.6 Å². The number of thiazole rings is 1. The molecule has 0 saturated carbocycles. The highest BCUT2D eigenvalue weighted by Crippen LogP contribution is 2.41. The summed E-state index contributed by atoms with van der Waals surface area (Å²) in [5.41, 5.74) is -0.407. The van der Waals surface area contributed by atoms with Gasteiger partial charge in [0.2, 0.25) is 5.91 Å². The van der Waals surface area contributed by atoms with E-state index in [1.54, 1.807) is 19.2 Å². The van der Waals surface area contributed by atoms with E-state index in [1.807, 2.05) is 0 Å². The molecule has 2 aromatic rings. The van der Waals surface area contributed by atoms with E-state index >= 15 is 0 Å². The molecule has 3 rings (SSSR count). The molecule has 1 saturated heterocycles. The number of carbonyl (C=O) groups is 1. The number of nitrogens with one attached hydrogen (secondary N) is 2. The summed E-state index contributed by atoms with van der Waals surface area (Å²) in [7, 11) is 0. The van der Waals surface area contributed by atoms with E-state index in [2.05, 4.69) is 15.6 Å². The first-order valence-electron chi connectivity index (χ1n) is 10.6. The third-order valence-electron chi connectivity index (χ3n) is 5.31. The second-order valence-electron chi connectivity index (χ2n) is 7.88. The molecule has 9 heteroatoms. The molecular weight excluding hydrogens is 430 g/mol. The van der Waals surface area contributed by atoms with Crippen LogP contribution in [0.15, 0.2) is 23.6 Å². The van der Waals surface area contributed by atoms with Gasteiger partial charge in [-0.15, -0.1) is 11.3 Å². The second-order valence-corrected chi connectivity index (χ2v) is 8.74. The Morgan fingerprint density at radius 3 is 2.26 bits per heavy atom. The Morgan fingerprint density at radius 1 is 1.13 bits per heavy atom. The fraction of sp³-hybridized carbons (Fsp3) is 0.545. The van der Waals surface area contributed by atoms with Crippen LogP contribution >= 0.6 is 11.3 Å². The van der Waals surface area contributed by atoms with Crippen molar-refractivity contribution in [1.82, 2.24) is 10.3 Å². The van der Waals surface area contributed by atoms with Gasteiger partial charge in [-0.2, -0.15) is 0 Å². The normalized spacial score (nSPS) is 17.2. The van der Waals surface area contributed by atoms with Gasteiger partial charge in [-0.1, -0.05) is 26.7 Å². The molecule has 2 N–H and O–H groups in total. The Balaban J connectivity index is 1.94. The van der Waals surface area contributed by atoms with Gasteiger partial charge in [0.25, 0.3) is 11.8 Å². The standard InChI is InChI=1S/C22H27F4N3OS/c1-3-7-21(23,24)15-10-14(11-16(12-15)22(25,26)8-4-2)18-13-31-20(28-18)29-19(30)17-6-5-9-27-17/h10-13,17,27H,3-9H2,1-2H3,(H,28,29,30)/t17-/m1/s1. The number of anilines is 1. The number of benzene rings is 1. The maximum absolute atomic E-state index is 14.6. The topological polar surface area (TPSA) is 54.0 Å². The molecule has 0 aliphatic carbocycles. The molecule has 170 valence electrons. The maximum atomic E-state index is 14.6. The number of hydrogen-bond acceptors (Lipinski definition) is 4. The van der Waals surface area contributed by atoms with Crippen LogP contribution in [0.25, 0.3) is 11.3 Å². The van der Waals surface area contributed by atoms with Crippen LogP contribution in [0.5, 0.6) is 0 Å². The largest absolute Gasteiger partial charge is 0.306 e. The molecule has 1 aromatic carbocycles. The Hall–Kier alpha value is -2.00. The summed E-state index contributed by atoms with van der Waals surface area (Å²) in [5, 5.41) is 7.69. The lowest BCUT2D eigenvalue weighted by atomic mass is 9.94. The van der Waals surface area contributed by atoms with Crippen molar-refractivity contribution in [1.29, 1.82) is 0 Å². The third kappa shape index (κ3) is 5.63. The minimum Gasteiger partial charge on any atom is -0.306 e. The summed E-state index contributed by atoms with van der Waals surface area (Å²) in [6.45, 7) is 4.02. The first-order valence-corrected chi connectivity index (χ1v) is 11.5. The molecule has 4 nitrogen and oxygen atoms in total. The Bertz CT molecular complexity index is 874. The van der Waals surface area contributed by atoms with Crippen LogP contribution < -0.4 is 10.6 Å². The van der Waals surface area contributed by atoms with Gasteiger partial charge in [-0.3, -0.25) is 4.79 Å². The first kappa shape index (κ1) is 23.7. The van der Waals surface area contributed by atoms with Gasteiger partial charge in [0, 0.05) is 34.9 Å². The van der Waals surface area contributed by atoms with Gasteiger partial charge in [-0.25, -0.2) is 22.5 Å². The van der Waals surface area contributed by atoms with E-state index in [0.717, 1.165) is 36.8 Å². The zero-order valence-corrected chi connectivity index (χ0v) is 18.4. The highest BCUT2D eigenvalue weighted by molar-refractivity contribution is 7.14. The number of halogens is 4. The van der Waals surface area contributed by atoms with Gasteiger partial charge in [0.15, 0.2) is 5.13 Å². The van der Waals surface area contributed by atoms with Gasteiger partial charge < -0.3 is 10.6 Å². The van der Waals surface area contributed by atoms with E-state index in [1.165, 1.54) is 12.1 Å². The van der Waals surface area contributed by atoms with Gasteiger partial charge >= 0.3 is 0 Å². The van der Waals surface area contributed by atoms with Crippen LogP contribution in [0.3, 0.4) is 0 Å². The molecule has 0 unspecified atom stereocenters. The van der Waals surface area contributed by atoms with Crippen LogP contribution in [0.4, 0.5) is 22.7 Å². The molecule has 0 radical (unpaired) electrons. The Kier molecular flexibility index (Phi) is 7.36. The molecule has 0 spiro atoms. The van der Waals surface area contributed by atoms with Crippen LogP contribution in [0.1, 0.15) is 63.5 Å². The van der Waals surface area contributed by atoms with Gasteiger partial charge in [0.05, 0.1) is 11.7 Å². The van der Waals surface area contributed by atoms with Crippen molar-refractivity contribution in [2.24, 2.45) is 0 Å². The quantitative estimate of drug-likeness (QED) is 0.436. The van der Waals surface area contributed by atoms with Crippen molar-refractivity contribution in [2.75, 3.05) is 11.9 Å². The molecule has 2 heterocycles. The van der Waals surface area contributed by atoms with Crippen molar-refractivity contribution >= 4 is 22.4 Å². The predicted molar refractivity (Wildman–Crippen MR) is 115 cm³/mol. The molecule has 0 bridgehead atoms. The van der Waals surface area contributed by atoms with E-state index in [9.17, 15) is 22.4 Å². The maximum Gasteiger partial charge on any atom is 0.273 e. The minimum atomic E-state index is -3.22. The number of rotatable bonds is 9. The number of hydrogen-bond donors (Lipinski definition) is 2. The SMILES string of the molecule is CCCC(F)(F)c1cc(-c2csc(NC(=O)[C@H]3CCCN3)n2)cc(C(F)(F)CCC)c1. The lowest BCUT2D eigenvalue weighted by Crippen LogP contribution is -2.35. The van der Waals surface area contributed by atoms with Crippen LogP contribution in [0.2, 0.25) is 0 Å². The van der Waals surface area contributed by atoms with Gasteiger partial charge in [-0.05, 0) is 37.6 Å². The summed E-state index contributed by atoms with van der Waals surface area (Å²) < 4.78 is 58.5. The van der Waals surface area contributed by atoms with Crippen LogP contribution in [-0.4, -0.2) is 23.5 Å². The third-order valence-corrected chi connectivity index (χ3v) is 6.07. The molecule has 1 aliphatic heterocycles. The van der Waals surface area contributed by atoms with Crippen molar-refractivity contribution < 1.29 is 22.4 Å². The second kappa shape index (κ2) is 9.65. The Morgan fingerprint density at radius 2 is 1.74 bits per heavy atom. The lowest BCUT2D eigenvalue weighted by Gasteiger charge is -2.22. The lowest BCUT2D eigenvalue weighted by molar-refractivity contribution is -0.117. The predicted octanol–water partition coefficient (Wildman–Crippen LogP) is 6.28. The summed E-state index contributed by atoms with van der Waals surface area (Å²) >= 11 is 1.13. The van der Waals surface area contributed by atoms with Gasteiger partial charge in [0.1, 0.15) is 0 Å². The van der Waals surface area contributed by atoms with Crippen molar-refractivity contribution in [3.05, 3.63) is 34.7 Å². The van der Waals surface area contributed by atoms with E-state index in [4.69, 9.17) is 0 Å². The highest BCUT2D eigenvalue weighted by Gasteiger charge is 2.36. The number of alkyl halides is 4. The first-order chi connectivity index (χ1) is 14.7. The van der Waals surface area contributed by atoms with Crippen LogP contribution in [0, 0.1) is 0 Å². The fourth-order valence-corrected chi connectivity index (χ4v) is 4.40. The molecule has 1 atom stereocenters. The van der Waals surface area contributed by atoms with Crippen molar-refractivity contribution in [3.8, 4) is 11.3 Å². The Labute approximate surface area is 183 Å². The number of nitrogens with zero attached hydrogens (tertiary/aromatic N) is 1. The fourth-order valence-electron chi connectivity index (χ4n) is 3.68. The van der Waals surface area contributed by atoms with Crippen molar-refractivity contribution in [3.63, 3.8) is 0 Å². The zero-order chi connectivity index (χ0) is 22.6. The number of aromatic nitrogens is 1. The summed E-state index contributed by atoms with van der Waals surface area (Å²) in [5.74, 6) is -6.65. The minimum absolute atomic E-state index is 0.190. The average molecular weight is 458 g/mol. The average Bonchev–Trinajstić information content (AvgIpc) is 3.40. The number of amides is 1.